The van der Waals surface area contributed by atoms with Gasteiger partial charge in [0.1, 0.15) is 17.3 Å². The van der Waals surface area contributed by atoms with Crippen LogP contribution in [0.3, 0.4) is 0 Å². The third-order valence-electron chi connectivity index (χ3n) is 2.32. The third kappa shape index (κ3) is 3.45. The molecule has 20 heavy (non-hydrogen) atoms. The second-order valence-electron chi connectivity index (χ2n) is 3.74. The molecule has 0 amide bonds. The van der Waals surface area contributed by atoms with Crippen molar-refractivity contribution in [3.63, 3.8) is 0 Å². The van der Waals surface area contributed by atoms with E-state index in [1.807, 2.05) is 0 Å². The van der Waals surface area contributed by atoms with Crippen molar-refractivity contribution in [2.24, 2.45) is 0 Å². The minimum atomic E-state index is -3.83. The minimum Gasteiger partial charge on any atom is -0.450 e. The Bertz CT molecular complexity index is 742. The van der Waals surface area contributed by atoms with Crippen LogP contribution in [0, 0.1) is 0 Å². The SMILES string of the molecule is O=S(=O)(Nc1cc(Br)ccc1Br)c1cc(CO)oc1Br. The van der Waals surface area contributed by atoms with Crippen LogP contribution < -0.4 is 4.72 Å². The van der Waals surface area contributed by atoms with Crippen molar-refractivity contribution in [1.82, 2.24) is 0 Å². The van der Waals surface area contributed by atoms with Gasteiger partial charge in [-0.25, -0.2) is 8.42 Å². The fourth-order valence-electron chi connectivity index (χ4n) is 1.43. The summed E-state index contributed by atoms with van der Waals surface area (Å²) >= 11 is 9.57. The first-order valence-electron chi connectivity index (χ1n) is 5.20. The van der Waals surface area contributed by atoms with Crippen LogP contribution in [-0.4, -0.2) is 13.5 Å². The highest BCUT2D eigenvalue weighted by atomic mass is 79.9. The maximum Gasteiger partial charge on any atom is 0.266 e. The van der Waals surface area contributed by atoms with Crippen molar-refractivity contribution < 1.29 is 17.9 Å². The van der Waals surface area contributed by atoms with Gasteiger partial charge in [-0.1, -0.05) is 15.9 Å². The van der Waals surface area contributed by atoms with Crippen molar-refractivity contribution in [1.29, 1.82) is 0 Å². The molecule has 0 unspecified atom stereocenters. The highest BCUT2D eigenvalue weighted by Crippen LogP contribution is 2.31. The third-order valence-corrected chi connectivity index (χ3v) is 5.73. The maximum atomic E-state index is 12.3. The fourth-order valence-corrected chi connectivity index (χ4v) is 4.34. The van der Waals surface area contributed by atoms with E-state index in [2.05, 4.69) is 52.5 Å². The highest BCUT2D eigenvalue weighted by molar-refractivity contribution is 9.11. The normalized spacial score (nSPS) is 11.6. The molecule has 0 fully saturated rings. The van der Waals surface area contributed by atoms with Gasteiger partial charge < -0.3 is 9.52 Å². The van der Waals surface area contributed by atoms with Crippen LogP contribution in [0.1, 0.15) is 5.76 Å². The van der Waals surface area contributed by atoms with E-state index in [0.717, 1.165) is 4.47 Å². The lowest BCUT2D eigenvalue weighted by Crippen LogP contribution is -2.13. The molecule has 2 N–H and O–H groups in total. The first kappa shape index (κ1) is 16.0. The Hall–Kier alpha value is -0.350. The van der Waals surface area contributed by atoms with Crippen molar-refractivity contribution in [2.45, 2.75) is 11.5 Å². The Morgan fingerprint density at radius 1 is 1.20 bits per heavy atom. The van der Waals surface area contributed by atoms with E-state index >= 15 is 0 Å². The number of halogens is 3. The van der Waals surface area contributed by atoms with Gasteiger partial charge in [-0.3, -0.25) is 4.72 Å². The molecule has 2 rings (SSSR count). The van der Waals surface area contributed by atoms with Gasteiger partial charge in [0, 0.05) is 15.0 Å². The van der Waals surface area contributed by atoms with Crippen LogP contribution in [0.5, 0.6) is 0 Å². The van der Waals surface area contributed by atoms with E-state index in [4.69, 9.17) is 9.52 Å². The second-order valence-corrected chi connectivity index (χ2v) is 7.88. The average Bonchev–Trinajstić information content (AvgIpc) is 2.76. The molecule has 0 saturated carbocycles. The Labute approximate surface area is 140 Å². The van der Waals surface area contributed by atoms with Crippen LogP contribution in [0.2, 0.25) is 0 Å². The fraction of sp³-hybridized carbons (Fsp3) is 0.0909. The number of hydrogen-bond acceptors (Lipinski definition) is 4. The smallest absolute Gasteiger partial charge is 0.266 e. The monoisotopic (exact) mass is 487 g/mol. The molecule has 0 saturated heterocycles. The van der Waals surface area contributed by atoms with Crippen LogP contribution in [-0.2, 0) is 16.6 Å². The molecule has 0 atom stereocenters. The minimum absolute atomic E-state index is 0.0418. The molecule has 1 aromatic heterocycles. The van der Waals surface area contributed by atoms with Crippen LogP contribution in [0.25, 0.3) is 0 Å². The number of anilines is 1. The number of nitrogens with one attached hydrogen (secondary N) is 1. The van der Waals surface area contributed by atoms with Gasteiger partial charge in [-0.05, 0) is 50.1 Å². The standard InChI is InChI=1S/C11H8Br3NO4S/c12-6-1-2-8(13)9(3-6)15-20(17,18)10-4-7(5-16)19-11(10)14/h1-4,15-16H,5H2. The predicted octanol–water partition coefficient (Wildman–Crippen LogP) is 3.86. The Morgan fingerprint density at radius 2 is 1.90 bits per heavy atom. The lowest BCUT2D eigenvalue weighted by molar-refractivity contribution is 0.245. The van der Waals surface area contributed by atoms with E-state index in [1.165, 1.54) is 6.07 Å². The number of benzene rings is 1. The summed E-state index contributed by atoms with van der Waals surface area (Å²) in [7, 11) is -3.83. The summed E-state index contributed by atoms with van der Waals surface area (Å²) < 4.78 is 33.5. The number of rotatable bonds is 4. The lowest BCUT2D eigenvalue weighted by Gasteiger charge is -2.09. The lowest BCUT2D eigenvalue weighted by atomic mass is 10.3. The zero-order valence-corrected chi connectivity index (χ0v) is 15.3. The zero-order chi connectivity index (χ0) is 14.9. The molecular weight excluding hydrogens is 482 g/mol. The van der Waals surface area contributed by atoms with Gasteiger partial charge in [-0.2, -0.15) is 0 Å². The van der Waals surface area contributed by atoms with Gasteiger partial charge in [0.25, 0.3) is 10.0 Å². The summed E-state index contributed by atoms with van der Waals surface area (Å²) in [5, 5.41) is 8.97. The van der Waals surface area contributed by atoms with E-state index < -0.39 is 10.0 Å². The molecule has 2 aromatic rings. The van der Waals surface area contributed by atoms with E-state index in [-0.39, 0.29) is 21.9 Å². The molecule has 0 bridgehead atoms. The van der Waals surface area contributed by atoms with Gasteiger partial charge in [0.05, 0.1) is 5.69 Å². The summed E-state index contributed by atoms with van der Waals surface area (Å²) in [6, 6.07) is 6.38. The molecule has 1 heterocycles. The molecule has 0 spiro atoms. The Kier molecular flexibility index (Phi) is 4.96. The van der Waals surface area contributed by atoms with Crippen LogP contribution in [0.4, 0.5) is 5.69 Å². The molecule has 0 aliphatic rings. The molecule has 9 heteroatoms. The first-order chi connectivity index (χ1) is 9.33. The summed E-state index contributed by atoms with van der Waals surface area (Å²) in [5.41, 5.74) is 0.387. The van der Waals surface area contributed by atoms with Crippen molar-refractivity contribution in [3.05, 3.63) is 43.6 Å². The summed E-state index contributed by atoms with van der Waals surface area (Å²) in [6.07, 6.45) is 0. The molecule has 0 aliphatic heterocycles. The zero-order valence-electron chi connectivity index (χ0n) is 9.73. The van der Waals surface area contributed by atoms with Gasteiger partial charge >= 0.3 is 0 Å². The van der Waals surface area contributed by atoms with Gasteiger partial charge in [-0.15, -0.1) is 0 Å². The maximum absolute atomic E-state index is 12.3. The van der Waals surface area contributed by atoms with Crippen molar-refractivity contribution in [3.8, 4) is 0 Å². The molecule has 0 aliphatic carbocycles. The van der Waals surface area contributed by atoms with E-state index in [1.54, 1.807) is 18.2 Å². The van der Waals surface area contributed by atoms with Crippen molar-refractivity contribution in [2.75, 3.05) is 4.72 Å². The second kappa shape index (κ2) is 6.18. The Morgan fingerprint density at radius 3 is 2.50 bits per heavy atom. The van der Waals surface area contributed by atoms with Crippen LogP contribution in [0.15, 0.2) is 47.2 Å². The topological polar surface area (TPSA) is 79.5 Å². The highest BCUT2D eigenvalue weighted by Gasteiger charge is 2.23. The van der Waals surface area contributed by atoms with Gasteiger partial charge in [0.15, 0.2) is 4.67 Å². The largest absolute Gasteiger partial charge is 0.450 e. The molecular formula is C11H8Br3NO4S. The van der Waals surface area contributed by atoms with Crippen molar-refractivity contribution >= 4 is 63.5 Å². The van der Waals surface area contributed by atoms with Crippen LogP contribution >= 0.6 is 47.8 Å². The van der Waals surface area contributed by atoms with E-state index in [9.17, 15) is 8.42 Å². The Balaban J connectivity index is 2.40. The molecule has 1 aromatic carbocycles. The number of aliphatic hydroxyl groups is 1. The van der Waals surface area contributed by atoms with E-state index in [0.29, 0.717) is 10.2 Å². The van der Waals surface area contributed by atoms with Gasteiger partial charge in [0.2, 0.25) is 0 Å². The number of sulfonamides is 1. The number of aliphatic hydroxyl groups excluding tert-OH is 1. The number of furan rings is 1. The summed E-state index contributed by atoms with van der Waals surface area (Å²) in [6.45, 7) is -0.380. The molecule has 108 valence electrons. The summed E-state index contributed by atoms with van der Waals surface area (Å²) in [4.78, 5) is -0.0755. The quantitative estimate of drug-likeness (QED) is 0.683. The number of hydrogen-bond donors (Lipinski definition) is 2. The first-order valence-corrected chi connectivity index (χ1v) is 9.06. The average molecular weight is 490 g/mol. The summed E-state index contributed by atoms with van der Waals surface area (Å²) in [5.74, 6) is 0.158. The predicted molar refractivity (Wildman–Crippen MR) is 85.0 cm³/mol. The molecule has 5 nitrogen and oxygen atoms in total. The molecule has 0 radical (unpaired) electrons.